The van der Waals surface area contributed by atoms with Crippen molar-refractivity contribution in [2.45, 2.75) is 26.2 Å². The predicted molar refractivity (Wildman–Crippen MR) is 76.2 cm³/mol. The molecule has 0 atom stereocenters. The molecule has 0 heterocycles. The zero-order valence-electron chi connectivity index (χ0n) is 11.1. The van der Waals surface area contributed by atoms with E-state index in [1.165, 1.54) is 11.1 Å². The van der Waals surface area contributed by atoms with Crippen LogP contribution in [0, 0.1) is 0 Å². The van der Waals surface area contributed by atoms with Crippen LogP contribution in [0.1, 0.15) is 11.1 Å². The molecule has 0 radical (unpaired) electrons. The highest BCUT2D eigenvalue weighted by Gasteiger charge is 2.07. The van der Waals surface area contributed by atoms with Gasteiger partial charge in [0.25, 0.3) is 0 Å². The van der Waals surface area contributed by atoms with Crippen molar-refractivity contribution in [1.82, 2.24) is 4.90 Å². The highest BCUT2D eigenvalue weighted by molar-refractivity contribution is 6.81. The van der Waals surface area contributed by atoms with Crippen molar-refractivity contribution in [2.24, 2.45) is 0 Å². The highest BCUT2D eigenvalue weighted by Crippen LogP contribution is 2.14. The Bertz CT molecular complexity index is 361. The molecule has 2 heteroatoms. The molecule has 0 unspecified atom stereocenters. The van der Waals surface area contributed by atoms with Gasteiger partial charge in [-0.2, -0.15) is 0 Å². The van der Waals surface area contributed by atoms with E-state index in [2.05, 4.69) is 74.7 Å². The van der Waals surface area contributed by atoms with E-state index in [4.69, 9.17) is 0 Å². The quantitative estimate of drug-likeness (QED) is 0.718. The van der Waals surface area contributed by atoms with Gasteiger partial charge in [0.1, 0.15) is 0 Å². The van der Waals surface area contributed by atoms with E-state index >= 15 is 0 Å². The monoisotopic (exact) mass is 233 g/mol. The Morgan fingerprint density at radius 1 is 1.12 bits per heavy atom. The lowest BCUT2D eigenvalue weighted by Crippen LogP contribution is -2.15. The average Bonchev–Trinajstić information content (AvgIpc) is 2.14. The van der Waals surface area contributed by atoms with Crippen molar-refractivity contribution in [1.29, 1.82) is 0 Å². The Balaban J connectivity index is 2.91. The van der Waals surface area contributed by atoms with E-state index in [0.717, 1.165) is 6.54 Å². The first kappa shape index (κ1) is 13.2. The van der Waals surface area contributed by atoms with Gasteiger partial charge >= 0.3 is 0 Å². The minimum Gasteiger partial charge on any atom is -0.305 e. The second-order valence-electron chi connectivity index (χ2n) is 5.64. The molecule has 1 rings (SSSR count). The summed E-state index contributed by atoms with van der Waals surface area (Å²) in [5.41, 5.74) is 5.17. The summed E-state index contributed by atoms with van der Waals surface area (Å²) in [6.07, 6.45) is 2.30. The first-order valence-electron chi connectivity index (χ1n) is 5.80. The smallest absolute Gasteiger partial charge is 0.0687 e. The van der Waals surface area contributed by atoms with E-state index < -0.39 is 8.07 Å². The Morgan fingerprint density at radius 2 is 1.75 bits per heavy atom. The van der Waals surface area contributed by atoms with Crippen molar-refractivity contribution in [2.75, 3.05) is 14.1 Å². The van der Waals surface area contributed by atoms with Crippen molar-refractivity contribution in [3.05, 3.63) is 41.1 Å². The third kappa shape index (κ3) is 4.77. The summed E-state index contributed by atoms with van der Waals surface area (Å²) in [7, 11) is 3.12. The second kappa shape index (κ2) is 5.46. The van der Waals surface area contributed by atoms with Gasteiger partial charge in [-0.25, -0.2) is 0 Å². The van der Waals surface area contributed by atoms with Gasteiger partial charge in [0, 0.05) is 6.54 Å². The third-order valence-electron chi connectivity index (χ3n) is 2.30. The molecular formula is C14H23NSi. The van der Waals surface area contributed by atoms with Crippen LogP contribution in [0.25, 0.3) is 6.08 Å². The molecule has 16 heavy (non-hydrogen) atoms. The zero-order valence-corrected chi connectivity index (χ0v) is 12.1. The molecule has 0 saturated heterocycles. The molecule has 1 aromatic rings. The molecule has 0 bridgehead atoms. The Kier molecular flexibility index (Phi) is 4.51. The molecule has 0 saturated carbocycles. The fourth-order valence-corrected chi connectivity index (χ4v) is 2.20. The average molecular weight is 233 g/mol. The van der Waals surface area contributed by atoms with Gasteiger partial charge < -0.3 is 4.90 Å². The molecule has 88 valence electrons. The van der Waals surface area contributed by atoms with Crippen LogP contribution in [0.5, 0.6) is 0 Å². The second-order valence-corrected chi connectivity index (χ2v) is 10.7. The van der Waals surface area contributed by atoms with Crippen molar-refractivity contribution in [3.8, 4) is 0 Å². The largest absolute Gasteiger partial charge is 0.305 e. The minimum atomic E-state index is -1.10. The Hall–Kier alpha value is -0.863. The van der Waals surface area contributed by atoms with Crippen LogP contribution in [0.4, 0.5) is 0 Å². The molecule has 0 spiro atoms. The lowest BCUT2D eigenvalue weighted by atomic mass is 10.1. The van der Waals surface area contributed by atoms with Crippen LogP contribution in [-0.2, 0) is 6.54 Å². The Morgan fingerprint density at radius 3 is 2.31 bits per heavy atom. The van der Waals surface area contributed by atoms with E-state index in [1.807, 2.05) is 0 Å². The molecular weight excluding hydrogens is 210 g/mol. The molecule has 0 aliphatic heterocycles. The first-order valence-corrected chi connectivity index (χ1v) is 9.38. The normalized spacial score (nSPS) is 12.6. The number of hydrogen-bond donors (Lipinski definition) is 0. The maximum absolute atomic E-state index is 2.40. The fourth-order valence-electron chi connectivity index (χ4n) is 1.52. The summed E-state index contributed by atoms with van der Waals surface area (Å²) in [4.78, 5) is 2.21. The topological polar surface area (TPSA) is 3.24 Å². The van der Waals surface area contributed by atoms with E-state index in [-0.39, 0.29) is 0 Å². The van der Waals surface area contributed by atoms with Crippen LogP contribution in [-0.4, -0.2) is 27.1 Å². The summed E-state index contributed by atoms with van der Waals surface area (Å²) < 4.78 is 0. The van der Waals surface area contributed by atoms with Gasteiger partial charge in [-0.1, -0.05) is 55.7 Å². The van der Waals surface area contributed by atoms with Gasteiger partial charge in [0.2, 0.25) is 0 Å². The maximum Gasteiger partial charge on any atom is 0.0687 e. The Labute approximate surface area is 101 Å². The summed E-state index contributed by atoms with van der Waals surface area (Å²) in [5, 5.41) is 0. The van der Waals surface area contributed by atoms with Crippen LogP contribution in [0.15, 0.2) is 30.0 Å². The fraction of sp³-hybridized carbons (Fsp3) is 0.429. The molecule has 0 aromatic heterocycles. The predicted octanol–water partition coefficient (Wildman–Crippen LogP) is 3.64. The van der Waals surface area contributed by atoms with Crippen LogP contribution in [0.2, 0.25) is 19.6 Å². The highest BCUT2D eigenvalue weighted by atomic mass is 28.3. The van der Waals surface area contributed by atoms with Crippen LogP contribution in [0.3, 0.4) is 0 Å². The number of rotatable bonds is 4. The SMILES string of the molecule is CN(C)Cc1ccccc1/C=C/[Si](C)(C)C. The van der Waals surface area contributed by atoms with Crippen molar-refractivity contribution in [3.63, 3.8) is 0 Å². The van der Waals surface area contributed by atoms with E-state index in [1.54, 1.807) is 0 Å². The molecule has 1 aromatic carbocycles. The number of benzene rings is 1. The summed E-state index contributed by atoms with van der Waals surface area (Å²) in [6.45, 7) is 8.08. The minimum absolute atomic E-state index is 1.01. The van der Waals surface area contributed by atoms with Gasteiger partial charge in [-0.05, 0) is 25.2 Å². The third-order valence-corrected chi connectivity index (χ3v) is 3.47. The number of nitrogens with zero attached hydrogens (tertiary/aromatic N) is 1. The molecule has 1 nitrogen and oxygen atoms in total. The van der Waals surface area contributed by atoms with Crippen LogP contribution >= 0.6 is 0 Å². The van der Waals surface area contributed by atoms with Gasteiger partial charge in [-0.3, -0.25) is 0 Å². The van der Waals surface area contributed by atoms with Gasteiger partial charge in [0.15, 0.2) is 0 Å². The zero-order chi connectivity index (χ0) is 12.2. The molecule has 0 fully saturated rings. The van der Waals surface area contributed by atoms with Crippen LogP contribution < -0.4 is 0 Å². The lowest BCUT2D eigenvalue weighted by molar-refractivity contribution is 0.402. The first-order chi connectivity index (χ1) is 7.38. The summed E-state index contributed by atoms with van der Waals surface area (Å²) in [6, 6.07) is 8.65. The summed E-state index contributed by atoms with van der Waals surface area (Å²) in [5.74, 6) is 0. The summed E-state index contributed by atoms with van der Waals surface area (Å²) >= 11 is 0. The molecule has 0 aliphatic rings. The maximum atomic E-state index is 2.40. The molecule has 0 aliphatic carbocycles. The van der Waals surface area contributed by atoms with Crippen molar-refractivity contribution >= 4 is 14.1 Å². The molecule has 0 N–H and O–H groups in total. The lowest BCUT2D eigenvalue weighted by Gasteiger charge is -2.13. The van der Waals surface area contributed by atoms with Gasteiger partial charge in [-0.15, -0.1) is 0 Å². The van der Waals surface area contributed by atoms with Crippen molar-refractivity contribution < 1.29 is 0 Å². The number of hydrogen-bond acceptors (Lipinski definition) is 1. The van der Waals surface area contributed by atoms with E-state index in [9.17, 15) is 0 Å². The standard InChI is InChI=1S/C14H23NSi/c1-15(2)12-14-9-7-6-8-13(14)10-11-16(3,4)5/h6-11H,12H2,1-5H3/b11-10+. The van der Waals surface area contributed by atoms with Gasteiger partial charge in [0.05, 0.1) is 8.07 Å². The van der Waals surface area contributed by atoms with E-state index in [0.29, 0.717) is 0 Å². The molecule has 0 amide bonds.